The summed E-state index contributed by atoms with van der Waals surface area (Å²) in [5.74, 6) is -1.02. The molecular weight excluding hydrogens is 181 g/mol. The smallest absolute Gasteiger partial charge is 0.266 e. The monoisotopic (exact) mass is 190 g/mol. The second kappa shape index (κ2) is 3.79. The van der Waals surface area contributed by atoms with Crippen LogP contribution in [0.3, 0.4) is 0 Å². The molecular formula is C9H9F3O. The van der Waals surface area contributed by atoms with Gasteiger partial charge in [0.1, 0.15) is 5.82 Å². The summed E-state index contributed by atoms with van der Waals surface area (Å²) in [6, 6.07) is 3.59. The Morgan fingerprint density at radius 1 is 1.23 bits per heavy atom. The first-order valence-corrected chi connectivity index (χ1v) is 3.78. The molecule has 0 bridgehead atoms. The van der Waals surface area contributed by atoms with Gasteiger partial charge >= 0.3 is 0 Å². The third-order valence-corrected chi connectivity index (χ3v) is 1.74. The lowest BCUT2D eigenvalue weighted by Gasteiger charge is -2.09. The number of alkyl halides is 2. The lowest BCUT2D eigenvalue weighted by molar-refractivity contribution is 0.144. The Bertz CT molecular complexity index is 271. The lowest BCUT2D eigenvalue weighted by Crippen LogP contribution is -2.00. The van der Waals surface area contributed by atoms with Crippen LogP contribution in [-0.4, -0.2) is 5.11 Å². The molecule has 0 amide bonds. The number of halogens is 3. The van der Waals surface area contributed by atoms with Gasteiger partial charge in [0.05, 0.1) is 11.7 Å². The molecule has 0 fully saturated rings. The predicted octanol–water partition coefficient (Wildman–Crippen LogP) is 2.82. The van der Waals surface area contributed by atoms with E-state index in [1.54, 1.807) is 0 Å². The van der Waals surface area contributed by atoms with E-state index < -0.39 is 23.9 Å². The molecule has 0 radical (unpaired) electrons. The van der Waals surface area contributed by atoms with Crippen molar-refractivity contribution in [3.63, 3.8) is 0 Å². The summed E-state index contributed by atoms with van der Waals surface area (Å²) >= 11 is 0. The van der Waals surface area contributed by atoms with E-state index in [1.165, 1.54) is 19.1 Å². The van der Waals surface area contributed by atoms with E-state index in [4.69, 9.17) is 5.11 Å². The molecule has 0 saturated carbocycles. The summed E-state index contributed by atoms with van der Waals surface area (Å²) in [5, 5.41) is 9.03. The molecule has 0 aliphatic carbocycles. The highest BCUT2D eigenvalue weighted by Gasteiger charge is 2.17. The Hall–Kier alpha value is -1.03. The van der Waals surface area contributed by atoms with Gasteiger partial charge in [-0.3, -0.25) is 0 Å². The van der Waals surface area contributed by atoms with Gasteiger partial charge in [-0.15, -0.1) is 0 Å². The molecule has 0 aliphatic rings. The molecule has 0 spiro atoms. The fourth-order valence-electron chi connectivity index (χ4n) is 1.06. The maximum absolute atomic E-state index is 13.1. The minimum atomic E-state index is -2.85. The van der Waals surface area contributed by atoms with Gasteiger partial charge < -0.3 is 5.11 Å². The van der Waals surface area contributed by atoms with Gasteiger partial charge in [0.15, 0.2) is 0 Å². The Balaban J connectivity index is 3.18. The van der Waals surface area contributed by atoms with Crippen molar-refractivity contribution < 1.29 is 18.3 Å². The van der Waals surface area contributed by atoms with Crippen LogP contribution in [0.5, 0.6) is 0 Å². The number of aliphatic hydroxyl groups is 1. The Morgan fingerprint density at radius 3 is 2.23 bits per heavy atom. The van der Waals surface area contributed by atoms with Gasteiger partial charge in [-0.05, 0) is 6.92 Å². The first-order valence-electron chi connectivity index (χ1n) is 3.78. The molecule has 72 valence electrons. The zero-order valence-corrected chi connectivity index (χ0v) is 6.97. The van der Waals surface area contributed by atoms with Crippen LogP contribution in [0.2, 0.25) is 0 Å². The standard InChI is InChI=1S/C9H9F3O/c1-5(13)6-3-2-4-7(8(6)10)9(11)12/h2-5,9,13H,1H3/t5-/m0/s1. The summed E-state index contributed by atoms with van der Waals surface area (Å²) in [5.41, 5.74) is -0.767. The van der Waals surface area contributed by atoms with Crippen molar-refractivity contribution in [2.45, 2.75) is 19.5 Å². The molecule has 1 atom stereocenters. The molecule has 1 aromatic carbocycles. The van der Waals surface area contributed by atoms with E-state index in [2.05, 4.69) is 0 Å². The number of aliphatic hydroxyl groups excluding tert-OH is 1. The highest BCUT2D eigenvalue weighted by Crippen LogP contribution is 2.26. The van der Waals surface area contributed by atoms with E-state index in [-0.39, 0.29) is 5.56 Å². The quantitative estimate of drug-likeness (QED) is 0.760. The minimum Gasteiger partial charge on any atom is -0.389 e. The molecule has 0 saturated heterocycles. The average molecular weight is 190 g/mol. The fourth-order valence-corrected chi connectivity index (χ4v) is 1.06. The molecule has 0 heterocycles. The minimum absolute atomic E-state index is 0.0993. The molecule has 0 unspecified atom stereocenters. The number of rotatable bonds is 2. The third-order valence-electron chi connectivity index (χ3n) is 1.74. The maximum Gasteiger partial charge on any atom is 0.266 e. The van der Waals surface area contributed by atoms with Crippen LogP contribution in [0.1, 0.15) is 30.6 Å². The van der Waals surface area contributed by atoms with Crippen LogP contribution in [0, 0.1) is 5.82 Å². The van der Waals surface area contributed by atoms with Gasteiger partial charge in [0.2, 0.25) is 0 Å². The molecule has 0 aliphatic heterocycles. The van der Waals surface area contributed by atoms with Crippen LogP contribution in [0.4, 0.5) is 13.2 Å². The van der Waals surface area contributed by atoms with Crippen LogP contribution in [0.15, 0.2) is 18.2 Å². The summed E-state index contributed by atoms with van der Waals surface area (Å²) in [4.78, 5) is 0. The second-order valence-corrected chi connectivity index (χ2v) is 2.73. The van der Waals surface area contributed by atoms with Gasteiger partial charge in [-0.2, -0.15) is 0 Å². The predicted molar refractivity (Wildman–Crippen MR) is 42.0 cm³/mol. The first-order chi connectivity index (χ1) is 6.04. The highest BCUT2D eigenvalue weighted by molar-refractivity contribution is 5.28. The summed E-state index contributed by atoms with van der Waals surface area (Å²) in [7, 11) is 0. The number of hydrogen-bond acceptors (Lipinski definition) is 1. The molecule has 1 nitrogen and oxygen atoms in total. The van der Waals surface area contributed by atoms with Crippen molar-refractivity contribution in [2.75, 3.05) is 0 Å². The zero-order chi connectivity index (χ0) is 10.0. The van der Waals surface area contributed by atoms with Crippen molar-refractivity contribution in [3.8, 4) is 0 Å². The summed E-state index contributed by atoms with van der Waals surface area (Å²) < 4.78 is 37.4. The second-order valence-electron chi connectivity index (χ2n) is 2.73. The molecule has 1 aromatic rings. The van der Waals surface area contributed by atoms with Gasteiger partial charge in [-0.1, -0.05) is 18.2 Å². The Labute approximate surface area is 73.8 Å². The third kappa shape index (κ3) is 2.01. The van der Waals surface area contributed by atoms with Crippen LogP contribution < -0.4 is 0 Å². The number of benzene rings is 1. The van der Waals surface area contributed by atoms with Crippen LogP contribution in [0.25, 0.3) is 0 Å². The molecule has 0 aromatic heterocycles. The number of hydrogen-bond donors (Lipinski definition) is 1. The summed E-state index contributed by atoms with van der Waals surface area (Å²) in [6.45, 7) is 1.33. The topological polar surface area (TPSA) is 20.2 Å². The van der Waals surface area contributed by atoms with E-state index >= 15 is 0 Å². The van der Waals surface area contributed by atoms with Gasteiger partial charge in [-0.25, -0.2) is 13.2 Å². The van der Waals surface area contributed by atoms with Crippen LogP contribution >= 0.6 is 0 Å². The van der Waals surface area contributed by atoms with Crippen molar-refractivity contribution >= 4 is 0 Å². The molecule has 1 rings (SSSR count). The van der Waals surface area contributed by atoms with Gasteiger partial charge in [0, 0.05) is 5.56 Å². The van der Waals surface area contributed by atoms with E-state index in [1.807, 2.05) is 0 Å². The van der Waals surface area contributed by atoms with Gasteiger partial charge in [0.25, 0.3) is 6.43 Å². The largest absolute Gasteiger partial charge is 0.389 e. The molecule has 1 N–H and O–H groups in total. The van der Waals surface area contributed by atoms with E-state index in [0.29, 0.717) is 0 Å². The summed E-state index contributed by atoms with van der Waals surface area (Å²) in [6.07, 6.45) is -3.92. The van der Waals surface area contributed by atoms with Crippen molar-refractivity contribution in [3.05, 3.63) is 35.1 Å². The highest BCUT2D eigenvalue weighted by atomic mass is 19.3. The SMILES string of the molecule is C[C@H](O)c1cccc(C(F)F)c1F. The lowest BCUT2D eigenvalue weighted by atomic mass is 10.1. The zero-order valence-electron chi connectivity index (χ0n) is 6.97. The molecule has 4 heteroatoms. The Kier molecular flexibility index (Phi) is 2.93. The Morgan fingerprint density at radius 2 is 1.77 bits per heavy atom. The van der Waals surface area contributed by atoms with E-state index in [0.717, 1.165) is 6.07 Å². The normalized spacial score (nSPS) is 13.4. The van der Waals surface area contributed by atoms with E-state index in [9.17, 15) is 13.2 Å². The van der Waals surface area contributed by atoms with Crippen molar-refractivity contribution in [1.82, 2.24) is 0 Å². The molecule has 13 heavy (non-hydrogen) atoms. The fraction of sp³-hybridized carbons (Fsp3) is 0.333. The van der Waals surface area contributed by atoms with Crippen LogP contribution in [-0.2, 0) is 0 Å². The first kappa shape index (κ1) is 10.1. The maximum atomic E-state index is 13.1. The average Bonchev–Trinajstić information content (AvgIpc) is 2.03. The van der Waals surface area contributed by atoms with Crippen molar-refractivity contribution in [2.24, 2.45) is 0 Å². The van der Waals surface area contributed by atoms with Crippen molar-refractivity contribution in [1.29, 1.82) is 0 Å².